The molecule has 0 unspecified atom stereocenters. The maximum Gasteiger partial charge on any atom is 0.223 e. The molecule has 3 nitrogen and oxygen atoms in total. The molecule has 2 rings (SSSR count). The van der Waals surface area contributed by atoms with Crippen LogP contribution in [0.1, 0.15) is 30.9 Å². The highest BCUT2D eigenvalue weighted by molar-refractivity contribution is 7.07. The molecule has 0 aromatic carbocycles. The van der Waals surface area contributed by atoms with Crippen LogP contribution in [-0.2, 0) is 9.53 Å². The third-order valence-corrected chi connectivity index (χ3v) is 3.84. The molecule has 1 aromatic heterocycles. The molecule has 16 heavy (non-hydrogen) atoms. The van der Waals surface area contributed by atoms with Crippen molar-refractivity contribution >= 4 is 17.2 Å². The summed E-state index contributed by atoms with van der Waals surface area (Å²) in [6, 6.07) is 2.04. The van der Waals surface area contributed by atoms with E-state index in [0.29, 0.717) is 6.54 Å². The van der Waals surface area contributed by atoms with E-state index >= 15 is 0 Å². The molecule has 1 aliphatic rings. The summed E-state index contributed by atoms with van der Waals surface area (Å²) < 4.78 is 5.37. The van der Waals surface area contributed by atoms with E-state index in [2.05, 4.69) is 10.7 Å². The molecular formula is C12H17NO2S. The molecule has 1 atom stereocenters. The van der Waals surface area contributed by atoms with Gasteiger partial charge in [0.1, 0.15) is 6.10 Å². The van der Waals surface area contributed by atoms with Gasteiger partial charge in [-0.05, 0) is 35.2 Å². The monoisotopic (exact) mass is 239 g/mol. The standard InChI is InChI=1S/C12H17NO2S/c1-15-11(10-5-6-16-8-10)7-13-12(14)9-3-2-4-9/h5-6,8-9,11H,2-4,7H2,1H3,(H,13,14)/t11-/m1/s1. The van der Waals surface area contributed by atoms with Crippen LogP contribution >= 0.6 is 11.3 Å². The highest BCUT2D eigenvalue weighted by Gasteiger charge is 2.25. The molecule has 88 valence electrons. The summed E-state index contributed by atoms with van der Waals surface area (Å²) in [7, 11) is 1.68. The average Bonchev–Trinajstić information content (AvgIpc) is 2.69. The van der Waals surface area contributed by atoms with Crippen LogP contribution in [0.5, 0.6) is 0 Å². The maximum absolute atomic E-state index is 11.7. The topological polar surface area (TPSA) is 38.3 Å². The zero-order chi connectivity index (χ0) is 11.4. The summed E-state index contributed by atoms with van der Waals surface area (Å²) in [6.07, 6.45) is 3.26. The molecule has 1 heterocycles. The minimum Gasteiger partial charge on any atom is -0.375 e. The number of amides is 1. The Morgan fingerprint density at radius 2 is 2.50 bits per heavy atom. The van der Waals surface area contributed by atoms with E-state index in [1.165, 1.54) is 6.42 Å². The molecule has 1 fully saturated rings. The van der Waals surface area contributed by atoms with Gasteiger partial charge in [0, 0.05) is 19.6 Å². The van der Waals surface area contributed by atoms with Crippen molar-refractivity contribution in [2.75, 3.05) is 13.7 Å². The van der Waals surface area contributed by atoms with Gasteiger partial charge in [-0.2, -0.15) is 11.3 Å². The summed E-state index contributed by atoms with van der Waals surface area (Å²) >= 11 is 1.65. The Balaban J connectivity index is 1.81. The van der Waals surface area contributed by atoms with E-state index in [1.54, 1.807) is 18.4 Å². The van der Waals surface area contributed by atoms with Crippen molar-refractivity contribution in [3.8, 4) is 0 Å². The zero-order valence-corrected chi connectivity index (χ0v) is 10.3. The lowest BCUT2D eigenvalue weighted by Gasteiger charge is -2.25. The first-order chi connectivity index (χ1) is 7.81. The highest BCUT2D eigenvalue weighted by atomic mass is 32.1. The van der Waals surface area contributed by atoms with Gasteiger partial charge in [-0.25, -0.2) is 0 Å². The summed E-state index contributed by atoms with van der Waals surface area (Å²) in [5, 5.41) is 7.05. The minimum atomic E-state index is -0.0183. The quantitative estimate of drug-likeness (QED) is 0.856. The van der Waals surface area contributed by atoms with Crippen molar-refractivity contribution in [3.05, 3.63) is 22.4 Å². The van der Waals surface area contributed by atoms with Crippen LogP contribution in [0.15, 0.2) is 16.8 Å². The van der Waals surface area contributed by atoms with Crippen molar-refractivity contribution in [2.45, 2.75) is 25.4 Å². The van der Waals surface area contributed by atoms with Crippen molar-refractivity contribution in [1.29, 1.82) is 0 Å². The normalized spacial score (nSPS) is 17.8. The Bertz CT molecular complexity index is 333. The average molecular weight is 239 g/mol. The molecule has 1 aliphatic carbocycles. The number of carbonyl (C=O) groups is 1. The van der Waals surface area contributed by atoms with Gasteiger partial charge in [0.15, 0.2) is 0 Å². The lowest BCUT2D eigenvalue weighted by atomic mass is 9.85. The predicted octanol–water partition coefficient (Wildman–Crippen LogP) is 2.35. The van der Waals surface area contributed by atoms with Gasteiger partial charge in [0.2, 0.25) is 5.91 Å². The Hall–Kier alpha value is -0.870. The van der Waals surface area contributed by atoms with Crippen LogP contribution in [0.3, 0.4) is 0 Å². The number of rotatable bonds is 5. The molecule has 0 spiro atoms. The Morgan fingerprint density at radius 1 is 1.69 bits per heavy atom. The number of thiophene rings is 1. The molecule has 4 heteroatoms. The second kappa shape index (κ2) is 5.46. The molecule has 0 saturated heterocycles. The number of hydrogen-bond acceptors (Lipinski definition) is 3. The highest BCUT2D eigenvalue weighted by Crippen LogP contribution is 2.26. The van der Waals surface area contributed by atoms with Crippen LogP contribution in [0.25, 0.3) is 0 Å². The van der Waals surface area contributed by atoms with Crippen LogP contribution < -0.4 is 5.32 Å². The van der Waals surface area contributed by atoms with Crippen molar-refractivity contribution < 1.29 is 9.53 Å². The van der Waals surface area contributed by atoms with Gasteiger partial charge in [-0.3, -0.25) is 4.79 Å². The van der Waals surface area contributed by atoms with Gasteiger partial charge >= 0.3 is 0 Å². The smallest absolute Gasteiger partial charge is 0.223 e. The SMILES string of the molecule is CO[C@H](CNC(=O)C1CCC1)c1ccsc1. The van der Waals surface area contributed by atoms with Gasteiger partial charge in [0.25, 0.3) is 0 Å². The van der Waals surface area contributed by atoms with E-state index in [1.807, 2.05) is 11.4 Å². The van der Waals surface area contributed by atoms with E-state index < -0.39 is 0 Å². The van der Waals surface area contributed by atoms with Crippen LogP contribution in [0.2, 0.25) is 0 Å². The van der Waals surface area contributed by atoms with Crippen LogP contribution in [0.4, 0.5) is 0 Å². The van der Waals surface area contributed by atoms with Gasteiger partial charge in [-0.15, -0.1) is 0 Å². The van der Waals surface area contributed by atoms with E-state index in [-0.39, 0.29) is 17.9 Å². The molecule has 1 aromatic rings. The Kier molecular flexibility index (Phi) is 3.96. The lowest BCUT2D eigenvalue weighted by molar-refractivity contribution is -0.127. The van der Waals surface area contributed by atoms with Crippen LogP contribution in [-0.4, -0.2) is 19.6 Å². The first-order valence-corrected chi connectivity index (χ1v) is 6.58. The number of ether oxygens (including phenoxy) is 1. The summed E-state index contributed by atoms with van der Waals surface area (Å²) in [5.41, 5.74) is 1.14. The first-order valence-electron chi connectivity index (χ1n) is 5.64. The number of carbonyl (C=O) groups excluding carboxylic acids is 1. The largest absolute Gasteiger partial charge is 0.375 e. The third kappa shape index (κ3) is 2.62. The molecule has 1 saturated carbocycles. The first kappa shape index (κ1) is 11.6. The van der Waals surface area contributed by atoms with Gasteiger partial charge in [-0.1, -0.05) is 6.42 Å². The van der Waals surface area contributed by atoms with Crippen molar-refractivity contribution in [1.82, 2.24) is 5.32 Å². The minimum absolute atomic E-state index is 0.0183. The fraction of sp³-hybridized carbons (Fsp3) is 0.583. The maximum atomic E-state index is 11.7. The second-order valence-corrected chi connectivity index (χ2v) is 4.93. The molecule has 1 amide bonds. The van der Waals surface area contributed by atoms with E-state index in [0.717, 1.165) is 18.4 Å². The Labute approximate surface area is 99.8 Å². The predicted molar refractivity (Wildman–Crippen MR) is 64.4 cm³/mol. The van der Waals surface area contributed by atoms with Gasteiger partial charge in [0.05, 0.1) is 0 Å². The van der Waals surface area contributed by atoms with Crippen LogP contribution in [0, 0.1) is 5.92 Å². The summed E-state index contributed by atoms with van der Waals surface area (Å²) in [4.78, 5) is 11.7. The number of hydrogen-bond donors (Lipinski definition) is 1. The van der Waals surface area contributed by atoms with Gasteiger partial charge < -0.3 is 10.1 Å². The molecule has 0 bridgehead atoms. The molecule has 0 aliphatic heterocycles. The van der Waals surface area contributed by atoms with E-state index in [9.17, 15) is 4.79 Å². The summed E-state index contributed by atoms with van der Waals surface area (Å²) in [6.45, 7) is 0.572. The Morgan fingerprint density at radius 3 is 3.00 bits per heavy atom. The second-order valence-electron chi connectivity index (χ2n) is 4.15. The van der Waals surface area contributed by atoms with E-state index in [4.69, 9.17) is 4.74 Å². The number of nitrogens with one attached hydrogen (secondary N) is 1. The molecule has 1 N–H and O–H groups in total. The molecule has 0 radical (unpaired) electrons. The lowest BCUT2D eigenvalue weighted by Crippen LogP contribution is -2.37. The fourth-order valence-electron chi connectivity index (χ4n) is 1.80. The summed E-state index contributed by atoms with van der Waals surface area (Å²) in [5.74, 6) is 0.434. The zero-order valence-electron chi connectivity index (χ0n) is 9.44. The fourth-order valence-corrected chi connectivity index (χ4v) is 2.51. The number of methoxy groups -OCH3 is 1. The van der Waals surface area contributed by atoms with Crippen molar-refractivity contribution in [2.24, 2.45) is 5.92 Å². The third-order valence-electron chi connectivity index (χ3n) is 3.14. The van der Waals surface area contributed by atoms with Crippen molar-refractivity contribution in [3.63, 3.8) is 0 Å². The molecular weight excluding hydrogens is 222 g/mol.